The first-order valence-electron chi connectivity index (χ1n) is 10.6. The summed E-state index contributed by atoms with van der Waals surface area (Å²) >= 11 is 0. The molecular weight excluding hydrogens is 402 g/mol. The number of aromatic amines is 1. The number of para-hydroxylation sites is 1. The Morgan fingerprint density at radius 2 is 2.00 bits per heavy atom. The van der Waals surface area contributed by atoms with Gasteiger partial charge in [-0.25, -0.2) is 4.98 Å². The molecule has 0 saturated carbocycles. The fourth-order valence-corrected chi connectivity index (χ4v) is 3.81. The van der Waals surface area contributed by atoms with E-state index in [0.717, 1.165) is 40.1 Å². The molecule has 2 N–H and O–H groups in total. The molecule has 0 fully saturated rings. The second-order valence-electron chi connectivity index (χ2n) is 7.91. The molecular formula is C25H23N5O2. The second-order valence-corrected chi connectivity index (χ2v) is 7.91. The van der Waals surface area contributed by atoms with Gasteiger partial charge in [-0.15, -0.1) is 0 Å². The number of ether oxygens (including phenoxy) is 1. The van der Waals surface area contributed by atoms with Gasteiger partial charge in [0.15, 0.2) is 5.82 Å². The SMILES string of the molecule is Cc1ccc(-c2cccc3c2O[C@@H](CNC(=O)Cc2nc(-c4ccccc4)n[nH]2)C3)nc1. The van der Waals surface area contributed by atoms with Crippen molar-refractivity contribution in [3.05, 3.63) is 83.8 Å². The number of aryl methyl sites for hydroxylation is 1. The molecule has 0 unspecified atom stereocenters. The predicted molar refractivity (Wildman–Crippen MR) is 121 cm³/mol. The van der Waals surface area contributed by atoms with Crippen LogP contribution in [0.5, 0.6) is 5.75 Å². The number of carbonyl (C=O) groups is 1. The van der Waals surface area contributed by atoms with E-state index in [0.29, 0.717) is 18.2 Å². The summed E-state index contributed by atoms with van der Waals surface area (Å²) in [5.41, 5.74) is 5.02. The summed E-state index contributed by atoms with van der Waals surface area (Å²) in [7, 11) is 0. The van der Waals surface area contributed by atoms with Gasteiger partial charge >= 0.3 is 0 Å². The lowest BCUT2D eigenvalue weighted by Crippen LogP contribution is -2.35. The highest BCUT2D eigenvalue weighted by Gasteiger charge is 2.26. The van der Waals surface area contributed by atoms with Gasteiger partial charge in [0.05, 0.1) is 18.7 Å². The number of hydrogen-bond acceptors (Lipinski definition) is 5. The summed E-state index contributed by atoms with van der Waals surface area (Å²) in [5.74, 6) is 1.84. The number of amides is 1. The van der Waals surface area contributed by atoms with Gasteiger partial charge in [0.2, 0.25) is 5.91 Å². The summed E-state index contributed by atoms with van der Waals surface area (Å²) in [6.45, 7) is 2.44. The van der Waals surface area contributed by atoms with Crippen LogP contribution in [0.15, 0.2) is 66.9 Å². The molecule has 1 aliphatic rings. The summed E-state index contributed by atoms with van der Waals surface area (Å²) in [4.78, 5) is 21.4. The average molecular weight is 425 g/mol. The number of aromatic nitrogens is 4. The Labute approximate surface area is 185 Å². The van der Waals surface area contributed by atoms with Crippen LogP contribution in [0.25, 0.3) is 22.6 Å². The quantitative estimate of drug-likeness (QED) is 0.493. The number of fused-ring (bicyclic) bond motifs is 1. The van der Waals surface area contributed by atoms with E-state index < -0.39 is 0 Å². The molecule has 0 aliphatic carbocycles. The molecule has 0 spiro atoms. The summed E-state index contributed by atoms with van der Waals surface area (Å²) in [6, 6.07) is 19.8. The highest BCUT2D eigenvalue weighted by molar-refractivity contribution is 5.78. The highest BCUT2D eigenvalue weighted by Crippen LogP contribution is 2.37. The topological polar surface area (TPSA) is 92.8 Å². The maximum absolute atomic E-state index is 12.4. The molecule has 0 radical (unpaired) electrons. The number of H-pyrrole nitrogens is 1. The molecule has 32 heavy (non-hydrogen) atoms. The van der Waals surface area contributed by atoms with E-state index in [9.17, 15) is 4.79 Å². The van der Waals surface area contributed by atoms with Crippen LogP contribution in [0.2, 0.25) is 0 Å². The van der Waals surface area contributed by atoms with Crippen LogP contribution in [-0.4, -0.2) is 38.7 Å². The lowest BCUT2D eigenvalue weighted by Gasteiger charge is -2.13. The zero-order chi connectivity index (χ0) is 21.9. The standard InChI is InChI=1S/C25H23N5O2/c1-16-10-11-21(26-14-16)20-9-5-8-18-12-19(32-24(18)20)15-27-23(31)13-22-28-25(30-29-22)17-6-3-2-4-7-17/h2-11,14,19H,12-13,15H2,1H3,(H,27,31)(H,28,29,30)/t19-/m1/s1. The first kappa shape index (κ1) is 19.9. The summed E-state index contributed by atoms with van der Waals surface area (Å²) < 4.78 is 6.19. The van der Waals surface area contributed by atoms with Crippen molar-refractivity contribution in [1.29, 1.82) is 0 Å². The van der Waals surface area contributed by atoms with E-state index in [-0.39, 0.29) is 18.4 Å². The van der Waals surface area contributed by atoms with Crippen molar-refractivity contribution in [2.24, 2.45) is 0 Å². The monoisotopic (exact) mass is 425 g/mol. The smallest absolute Gasteiger partial charge is 0.227 e. The third-order valence-electron chi connectivity index (χ3n) is 5.43. The third-order valence-corrected chi connectivity index (χ3v) is 5.43. The van der Waals surface area contributed by atoms with Crippen LogP contribution < -0.4 is 10.1 Å². The van der Waals surface area contributed by atoms with Crippen molar-refractivity contribution in [3.63, 3.8) is 0 Å². The molecule has 7 heteroatoms. The van der Waals surface area contributed by atoms with Crippen molar-refractivity contribution >= 4 is 5.91 Å². The van der Waals surface area contributed by atoms with E-state index >= 15 is 0 Å². The summed E-state index contributed by atoms with van der Waals surface area (Å²) in [6.07, 6.45) is 2.62. The fraction of sp³-hybridized carbons (Fsp3) is 0.200. The van der Waals surface area contributed by atoms with Gasteiger partial charge in [0.1, 0.15) is 17.7 Å². The van der Waals surface area contributed by atoms with Crippen LogP contribution in [0, 0.1) is 6.92 Å². The van der Waals surface area contributed by atoms with Gasteiger partial charge in [0, 0.05) is 23.7 Å². The van der Waals surface area contributed by atoms with Crippen molar-refractivity contribution in [1.82, 2.24) is 25.5 Å². The van der Waals surface area contributed by atoms with Crippen molar-refractivity contribution < 1.29 is 9.53 Å². The van der Waals surface area contributed by atoms with Crippen molar-refractivity contribution in [2.75, 3.05) is 6.54 Å². The molecule has 2 aromatic carbocycles. The molecule has 1 amide bonds. The van der Waals surface area contributed by atoms with E-state index in [1.807, 2.05) is 67.7 Å². The molecule has 7 nitrogen and oxygen atoms in total. The average Bonchev–Trinajstić information content (AvgIpc) is 3.45. The number of nitrogens with zero attached hydrogens (tertiary/aromatic N) is 3. The molecule has 4 aromatic rings. The van der Waals surface area contributed by atoms with Gasteiger partial charge in [-0.1, -0.05) is 48.5 Å². The number of rotatable bonds is 6. The zero-order valence-corrected chi connectivity index (χ0v) is 17.7. The Bertz CT molecular complexity index is 1230. The van der Waals surface area contributed by atoms with E-state index in [1.54, 1.807) is 0 Å². The van der Waals surface area contributed by atoms with E-state index in [4.69, 9.17) is 4.74 Å². The number of hydrogen-bond donors (Lipinski definition) is 2. The fourth-order valence-electron chi connectivity index (χ4n) is 3.81. The number of benzene rings is 2. The molecule has 3 heterocycles. The molecule has 2 aromatic heterocycles. The van der Waals surface area contributed by atoms with Crippen LogP contribution >= 0.6 is 0 Å². The Morgan fingerprint density at radius 3 is 2.81 bits per heavy atom. The first-order valence-corrected chi connectivity index (χ1v) is 10.6. The zero-order valence-electron chi connectivity index (χ0n) is 17.7. The molecule has 5 rings (SSSR count). The Kier molecular flexibility index (Phi) is 5.37. The Balaban J connectivity index is 1.19. The van der Waals surface area contributed by atoms with Crippen LogP contribution in [0.4, 0.5) is 0 Å². The minimum absolute atomic E-state index is 0.116. The number of nitrogens with one attached hydrogen (secondary N) is 2. The van der Waals surface area contributed by atoms with E-state index in [1.165, 1.54) is 0 Å². The van der Waals surface area contributed by atoms with E-state index in [2.05, 4.69) is 31.5 Å². The van der Waals surface area contributed by atoms with Gasteiger partial charge in [-0.05, 0) is 30.2 Å². The normalized spacial score (nSPS) is 14.6. The van der Waals surface area contributed by atoms with Crippen molar-refractivity contribution in [2.45, 2.75) is 25.9 Å². The first-order chi connectivity index (χ1) is 15.7. The minimum Gasteiger partial charge on any atom is -0.487 e. The minimum atomic E-state index is -0.124. The molecule has 1 atom stereocenters. The molecule has 0 saturated heterocycles. The lowest BCUT2D eigenvalue weighted by atomic mass is 10.0. The van der Waals surface area contributed by atoms with Crippen LogP contribution in [0.1, 0.15) is 17.0 Å². The number of pyridine rings is 1. The largest absolute Gasteiger partial charge is 0.487 e. The molecule has 1 aliphatic heterocycles. The van der Waals surface area contributed by atoms with Gasteiger partial charge in [-0.3, -0.25) is 14.9 Å². The van der Waals surface area contributed by atoms with Crippen molar-refractivity contribution in [3.8, 4) is 28.4 Å². The van der Waals surface area contributed by atoms with Gasteiger partial charge in [-0.2, -0.15) is 5.10 Å². The summed E-state index contributed by atoms with van der Waals surface area (Å²) in [5, 5.41) is 10.0. The Morgan fingerprint density at radius 1 is 1.12 bits per heavy atom. The third kappa shape index (κ3) is 4.23. The van der Waals surface area contributed by atoms with Crippen LogP contribution in [0.3, 0.4) is 0 Å². The molecule has 160 valence electrons. The Hall–Kier alpha value is -4.00. The highest BCUT2D eigenvalue weighted by atomic mass is 16.5. The maximum atomic E-state index is 12.4. The predicted octanol–water partition coefficient (Wildman–Crippen LogP) is 3.50. The second kappa shape index (κ2) is 8.63. The van der Waals surface area contributed by atoms with Gasteiger partial charge < -0.3 is 10.1 Å². The maximum Gasteiger partial charge on any atom is 0.227 e. The lowest BCUT2D eigenvalue weighted by molar-refractivity contribution is -0.120. The van der Waals surface area contributed by atoms with Gasteiger partial charge in [0.25, 0.3) is 0 Å². The number of carbonyl (C=O) groups excluding carboxylic acids is 1. The molecule has 0 bridgehead atoms. The van der Waals surface area contributed by atoms with Crippen LogP contribution in [-0.2, 0) is 17.6 Å².